The third-order valence-corrected chi connectivity index (χ3v) is 23.8. The number of aliphatic hydroxyl groups excluding tert-OH is 1. The first-order chi connectivity index (χ1) is 69.3. The SMILES string of the molecule is CC(C)C[C@H](NC(=O)[C@H](CC(N)=O)NC(=O)[C@H](CS)NC(=O)[C@@H](NC(=O)[C@H](Cc1c[nH]c2ccccc12)NC(=O)[C@@H](N)CC(N)=O)C(C)C)C(=O)N[C@@H](Cc1ccccc1)C(=O)N[C@@H](CCCCN)C(=O)N[C@@H](CC(N)=O)C(=O)N[C@@H](CCC(N)=O)C(=O)N[C@@H](Cc1c[nH]c2ccccc12)C(=O)N[C@@H](Cc1ccccc1)C(=O)N[C@@H](CS)C(=O)N[C@@H](CC(N)=O)C(=O)N[C@@H](CO)C(=O)N[C@@H](Cc1ccc(O)cc1)C(=O)O. The molecule has 146 heavy (non-hydrogen) atoms. The lowest BCUT2D eigenvalue weighted by molar-refractivity contribution is -0.142. The minimum Gasteiger partial charge on any atom is -0.508 e. The Morgan fingerprint density at radius 3 is 1.04 bits per heavy atom. The molecule has 0 fully saturated rings. The van der Waals surface area contributed by atoms with E-state index in [1.54, 1.807) is 143 Å². The molecule has 0 aliphatic carbocycles. The number of aliphatic carboxylic acids is 1. The van der Waals surface area contributed by atoms with Crippen molar-refractivity contribution >= 4 is 171 Å². The van der Waals surface area contributed by atoms with E-state index in [1.165, 1.54) is 30.5 Å². The Balaban J connectivity index is 1.10. The molecule has 0 aliphatic heterocycles. The van der Waals surface area contributed by atoms with Crippen LogP contribution in [-0.4, -0.2) is 271 Å². The molecule has 2 heterocycles. The number of aromatic nitrogens is 2. The number of unbranched alkanes of at least 4 members (excludes halogenated alkanes) is 1. The highest BCUT2D eigenvalue weighted by molar-refractivity contribution is 7.80. The number of carbonyl (C=O) groups excluding carboxylic acids is 20. The first kappa shape index (κ1) is 117. The number of carboxylic acids is 1. The monoisotopic (exact) mass is 2060 g/mol. The smallest absolute Gasteiger partial charge is 0.326 e. The molecular weight excluding hydrogens is 1940 g/mol. The number of H-pyrrole nitrogens is 2. The molecule has 34 N–H and O–H groups in total. The molecule has 0 bridgehead atoms. The zero-order valence-electron chi connectivity index (χ0n) is 80.5. The van der Waals surface area contributed by atoms with Crippen LogP contribution in [0.3, 0.4) is 0 Å². The Morgan fingerprint density at radius 2 is 0.644 bits per heavy atom. The number of carboxylic acid groups (broad SMARTS) is 1. The summed E-state index contributed by atoms with van der Waals surface area (Å²) in [5.41, 5.74) is 43.1. The largest absolute Gasteiger partial charge is 0.508 e. The van der Waals surface area contributed by atoms with E-state index in [1.807, 2.05) is 0 Å². The van der Waals surface area contributed by atoms with E-state index < -0.39 is 296 Å². The number of carbonyl (C=O) groups is 21. The third-order valence-electron chi connectivity index (χ3n) is 23.1. The van der Waals surface area contributed by atoms with Crippen LogP contribution < -0.4 is 120 Å². The summed E-state index contributed by atoms with van der Waals surface area (Å²) in [5, 5.41) is 68.1. The number of hydrogen-bond donors (Lipinski definition) is 29. The maximum absolute atomic E-state index is 15.3. The number of benzene rings is 5. The molecule has 0 saturated heterocycles. The number of amides is 20. The Hall–Kier alpha value is -15.6. The number of phenols is 1. The van der Waals surface area contributed by atoms with Crippen LogP contribution in [-0.2, 0) is 133 Å². The van der Waals surface area contributed by atoms with Gasteiger partial charge in [-0.15, -0.1) is 0 Å². The fourth-order valence-electron chi connectivity index (χ4n) is 15.4. The number of hydrogen-bond acceptors (Lipinski definition) is 27. The van der Waals surface area contributed by atoms with Crippen molar-refractivity contribution in [3.8, 4) is 5.75 Å². The van der Waals surface area contributed by atoms with Crippen LogP contribution in [0.25, 0.3) is 21.8 Å². The second kappa shape index (κ2) is 58.3. The van der Waals surface area contributed by atoms with Crippen molar-refractivity contribution < 1.29 is 116 Å². The number of aliphatic hydroxyl groups is 1. The molecule has 7 aromatic rings. The molecule has 0 aliphatic rings. The fraction of sp³-hybridized carbons (Fsp3) is 0.427. The summed E-state index contributed by atoms with van der Waals surface area (Å²) in [4.78, 5) is 299. The maximum atomic E-state index is 15.3. The predicted octanol–water partition coefficient (Wildman–Crippen LogP) is -6.00. The number of primary amides is 5. The number of thiol groups is 2. The molecule has 48 nitrogen and oxygen atoms in total. The molecule has 788 valence electrons. The van der Waals surface area contributed by atoms with Crippen molar-refractivity contribution in [3.63, 3.8) is 0 Å². The molecular formula is C96H128N24O24S2. The van der Waals surface area contributed by atoms with E-state index in [0.29, 0.717) is 49.6 Å². The van der Waals surface area contributed by atoms with Gasteiger partial charge < -0.3 is 145 Å². The molecule has 0 saturated carbocycles. The number of nitrogens with two attached hydrogens (primary N) is 7. The topological polar surface area (TPSA) is 813 Å². The lowest BCUT2D eigenvalue weighted by Crippen LogP contribution is -2.62. The number of rotatable bonds is 62. The van der Waals surface area contributed by atoms with Crippen LogP contribution in [0.5, 0.6) is 5.75 Å². The van der Waals surface area contributed by atoms with Crippen molar-refractivity contribution in [3.05, 3.63) is 174 Å². The number of para-hydroxylation sites is 2. The van der Waals surface area contributed by atoms with Gasteiger partial charge in [-0.25, -0.2) is 4.79 Å². The number of nitrogens with one attached hydrogen (secondary N) is 17. The standard InChI is InChI=1S/C96H128N24O24S2/c1-48(2)33-63(109-89(136)69(41-78(102)126)114-94(141)74(47-146)119-95(142)80(49(3)4)120-91(138)67(108-81(128)58(98)39-76(100)124)38-54-44-105-60-24-14-12-22-57(54)60)84(131)110-64(34-50-17-7-5-8-18-50)85(132)106-61(25-15-16-32-97)82(129)113-68(40-77(101)125)88(135)107-62(30-31-75(99)123)83(130)112-66(37-53-43-104-59-23-13-11-21-56(53)59)87(134)111-65(35-51-19-9-6-10-20-51)86(133)118-73(46-145)93(140)115-70(42-79(103)127)90(137)117-72(45-121)92(139)116-71(96(143)144)36-52-26-28-55(122)29-27-52/h5-14,17-24,26-29,43-44,48-49,58,61-74,80,104-105,121-122,145-146H,15-16,25,30-42,45-47,97-98H2,1-4H3,(H2,99,123)(H2,100,124)(H2,101,125)(H2,102,126)(H2,103,127)(H,106,132)(H,107,135)(H,108,128)(H,109,136)(H,110,131)(H,111,134)(H,112,130)(H,113,129)(H,114,141)(H,115,140)(H,116,139)(H,117,137)(H,118,133)(H,119,142)(H,120,138)(H,143,144)/t58-,61-,62-,63-,64-,65-,66-,67-,68-,69-,70-,71-,72-,73-,74-,80-/m0/s1. The molecule has 5 aromatic carbocycles. The summed E-state index contributed by atoms with van der Waals surface area (Å²) < 4.78 is 0. The van der Waals surface area contributed by atoms with Crippen LogP contribution >= 0.6 is 25.3 Å². The minimum atomic E-state index is -2.03. The van der Waals surface area contributed by atoms with Crippen LogP contribution in [0.15, 0.2) is 146 Å². The normalized spacial score (nSPS) is 14.5. The summed E-state index contributed by atoms with van der Waals surface area (Å²) in [5.74, 6) is -26.1. The van der Waals surface area contributed by atoms with Gasteiger partial charge in [0.2, 0.25) is 118 Å². The highest BCUT2D eigenvalue weighted by atomic mass is 32.1. The second-order valence-electron chi connectivity index (χ2n) is 35.6. The fourth-order valence-corrected chi connectivity index (χ4v) is 15.9. The Bertz CT molecular complexity index is 5780. The number of aromatic amines is 2. The van der Waals surface area contributed by atoms with Gasteiger partial charge >= 0.3 is 5.97 Å². The van der Waals surface area contributed by atoms with Gasteiger partial charge in [0.05, 0.1) is 38.3 Å². The molecule has 0 radical (unpaired) electrons. The van der Waals surface area contributed by atoms with Crippen molar-refractivity contribution in [2.24, 2.45) is 52.0 Å². The average Bonchev–Trinajstić information content (AvgIpc) is 1.65. The van der Waals surface area contributed by atoms with Crippen molar-refractivity contribution in [2.75, 3.05) is 24.7 Å². The van der Waals surface area contributed by atoms with Gasteiger partial charge in [-0.05, 0) is 103 Å². The van der Waals surface area contributed by atoms with Crippen molar-refractivity contribution in [1.29, 1.82) is 0 Å². The van der Waals surface area contributed by atoms with E-state index >= 15 is 14.4 Å². The van der Waals surface area contributed by atoms with E-state index in [0.717, 1.165) is 0 Å². The molecule has 20 amide bonds. The van der Waals surface area contributed by atoms with Crippen molar-refractivity contribution in [1.82, 2.24) is 89.7 Å². The van der Waals surface area contributed by atoms with E-state index in [4.69, 9.17) is 40.1 Å². The molecule has 0 unspecified atom stereocenters. The summed E-state index contributed by atoms with van der Waals surface area (Å²) in [6.07, 6.45) is -3.28. The van der Waals surface area contributed by atoms with Crippen LogP contribution in [0.2, 0.25) is 0 Å². The summed E-state index contributed by atoms with van der Waals surface area (Å²) in [6, 6.07) is 7.79. The van der Waals surface area contributed by atoms with Gasteiger partial charge in [0.15, 0.2) is 0 Å². The van der Waals surface area contributed by atoms with Crippen molar-refractivity contribution in [2.45, 2.75) is 221 Å². The summed E-state index contributed by atoms with van der Waals surface area (Å²) in [7, 11) is 0. The number of phenolic OH excluding ortho intramolecular Hbond substituents is 1. The average molecular weight is 2070 g/mol. The first-order valence-corrected chi connectivity index (χ1v) is 48.0. The van der Waals surface area contributed by atoms with E-state index in [-0.39, 0.29) is 63.7 Å². The minimum absolute atomic E-state index is 0.0581. The molecule has 50 heteroatoms. The Labute approximate surface area is 849 Å². The lowest BCUT2D eigenvalue weighted by atomic mass is 9.99. The quantitative estimate of drug-likeness (QED) is 0.0125. The zero-order chi connectivity index (χ0) is 108. The van der Waals surface area contributed by atoms with Crippen LogP contribution in [0.1, 0.15) is 120 Å². The van der Waals surface area contributed by atoms with Gasteiger partial charge in [0, 0.05) is 84.2 Å². The highest BCUT2D eigenvalue weighted by Crippen LogP contribution is 2.24. The highest BCUT2D eigenvalue weighted by Gasteiger charge is 2.41. The number of fused-ring (bicyclic) bond motifs is 2. The van der Waals surface area contributed by atoms with Gasteiger partial charge in [-0.1, -0.05) is 137 Å². The van der Waals surface area contributed by atoms with Gasteiger partial charge in [-0.3, -0.25) is 95.9 Å². The predicted molar refractivity (Wildman–Crippen MR) is 536 cm³/mol. The lowest BCUT2D eigenvalue weighted by Gasteiger charge is -2.29. The summed E-state index contributed by atoms with van der Waals surface area (Å²) >= 11 is 8.56. The molecule has 0 spiro atoms. The van der Waals surface area contributed by atoms with Gasteiger partial charge in [0.1, 0.15) is 96.4 Å². The second-order valence-corrected chi connectivity index (χ2v) is 36.3. The first-order valence-electron chi connectivity index (χ1n) is 46.7. The Kier molecular flexibility index (Phi) is 46.8. The van der Waals surface area contributed by atoms with Gasteiger partial charge in [-0.2, -0.15) is 25.3 Å². The van der Waals surface area contributed by atoms with E-state index in [9.17, 15) is 102 Å². The zero-order valence-corrected chi connectivity index (χ0v) is 82.3. The van der Waals surface area contributed by atoms with Crippen LogP contribution in [0, 0.1) is 11.8 Å². The summed E-state index contributed by atoms with van der Waals surface area (Å²) in [6.45, 7) is 5.37. The molecule has 7 rings (SSSR count). The number of aromatic hydroxyl groups is 1. The molecule has 16 atom stereocenters. The van der Waals surface area contributed by atoms with E-state index in [2.05, 4.69) is 115 Å². The maximum Gasteiger partial charge on any atom is 0.326 e. The Morgan fingerprint density at radius 1 is 0.329 bits per heavy atom. The molecule has 2 aromatic heterocycles. The third kappa shape index (κ3) is 37.9. The van der Waals surface area contributed by atoms with Crippen LogP contribution in [0.4, 0.5) is 0 Å². The van der Waals surface area contributed by atoms with Gasteiger partial charge in [0.25, 0.3) is 0 Å².